The van der Waals surface area contributed by atoms with Crippen LogP contribution in [0, 0.1) is 6.92 Å². The van der Waals surface area contributed by atoms with E-state index in [0.29, 0.717) is 5.41 Å². The summed E-state index contributed by atoms with van der Waals surface area (Å²) in [5, 5.41) is 0. The summed E-state index contributed by atoms with van der Waals surface area (Å²) in [4.78, 5) is 0. The first kappa shape index (κ1) is 11.8. The highest BCUT2D eigenvalue weighted by atomic mass is 79.9. The maximum atomic E-state index is 3.56. The molecule has 0 N–H and O–H groups in total. The molecule has 0 atom stereocenters. The van der Waals surface area contributed by atoms with E-state index < -0.39 is 0 Å². The first-order chi connectivity index (χ1) is 6.45. The predicted molar refractivity (Wildman–Crippen MR) is 66.8 cm³/mol. The first-order valence-electron chi connectivity index (χ1n) is 5.23. The van der Waals surface area contributed by atoms with Crippen LogP contribution in [0.2, 0.25) is 0 Å². The van der Waals surface area contributed by atoms with Gasteiger partial charge in [-0.25, -0.2) is 0 Å². The molecule has 1 heteroatoms. The van der Waals surface area contributed by atoms with Gasteiger partial charge in [-0.1, -0.05) is 49.2 Å². The maximum absolute atomic E-state index is 3.56. The Hall–Kier alpha value is -0.300. The van der Waals surface area contributed by atoms with Gasteiger partial charge in [0.25, 0.3) is 0 Å². The monoisotopic (exact) mass is 254 g/mol. The largest absolute Gasteiger partial charge is 0.0654 e. The summed E-state index contributed by atoms with van der Waals surface area (Å²) in [6.45, 7) is 9.03. The number of rotatable bonds is 3. The molecule has 0 aliphatic heterocycles. The molecule has 14 heavy (non-hydrogen) atoms. The van der Waals surface area contributed by atoms with E-state index in [9.17, 15) is 0 Å². The third-order valence-corrected chi connectivity index (χ3v) is 3.16. The third kappa shape index (κ3) is 2.84. The van der Waals surface area contributed by atoms with E-state index in [4.69, 9.17) is 0 Å². The van der Waals surface area contributed by atoms with Gasteiger partial charge in [0.15, 0.2) is 0 Å². The van der Waals surface area contributed by atoms with E-state index in [-0.39, 0.29) is 0 Å². The topological polar surface area (TPSA) is 0 Å². The molecule has 0 saturated heterocycles. The molecule has 0 spiro atoms. The Morgan fingerprint density at radius 1 is 1.21 bits per heavy atom. The Labute approximate surface area is 95.9 Å². The molecule has 0 heterocycles. The average Bonchev–Trinajstić information content (AvgIpc) is 2.02. The van der Waals surface area contributed by atoms with E-state index in [2.05, 4.69) is 61.8 Å². The molecule has 0 radical (unpaired) electrons. The van der Waals surface area contributed by atoms with Crippen LogP contribution in [0.25, 0.3) is 0 Å². The Bertz CT molecular complexity index is 293. The standard InChI is InChI=1S/C13H19Br/c1-5-6-13(3,4)11-7-10(2)8-12(14)9-11/h7-9H,5-6H2,1-4H3. The Morgan fingerprint density at radius 2 is 1.86 bits per heavy atom. The summed E-state index contributed by atoms with van der Waals surface area (Å²) in [5.41, 5.74) is 3.06. The molecule has 0 aromatic heterocycles. The lowest BCUT2D eigenvalue weighted by Gasteiger charge is -2.25. The zero-order chi connectivity index (χ0) is 10.8. The Morgan fingerprint density at radius 3 is 2.36 bits per heavy atom. The molecule has 1 aromatic rings. The van der Waals surface area contributed by atoms with Gasteiger partial charge in [0.05, 0.1) is 0 Å². The average molecular weight is 255 g/mol. The fourth-order valence-electron chi connectivity index (χ4n) is 1.90. The minimum atomic E-state index is 0.295. The maximum Gasteiger partial charge on any atom is 0.0180 e. The van der Waals surface area contributed by atoms with E-state index in [1.807, 2.05) is 0 Å². The third-order valence-electron chi connectivity index (χ3n) is 2.70. The van der Waals surface area contributed by atoms with Crippen LogP contribution in [-0.2, 0) is 5.41 Å². The van der Waals surface area contributed by atoms with Crippen molar-refractivity contribution in [2.24, 2.45) is 0 Å². The lowest BCUT2D eigenvalue weighted by Crippen LogP contribution is -2.16. The summed E-state index contributed by atoms with van der Waals surface area (Å²) in [5.74, 6) is 0. The van der Waals surface area contributed by atoms with Crippen LogP contribution in [0.15, 0.2) is 22.7 Å². The number of halogens is 1. The van der Waals surface area contributed by atoms with Crippen LogP contribution in [0.1, 0.15) is 44.7 Å². The van der Waals surface area contributed by atoms with Gasteiger partial charge in [0, 0.05) is 4.47 Å². The van der Waals surface area contributed by atoms with Gasteiger partial charge in [-0.15, -0.1) is 0 Å². The van der Waals surface area contributed by atoms with Gasteiger partial charge in [0.1, 0.15) is 0 Å². The second-order valence-electron chi connectivity index (χ2n) is 4.65. The summed E-state index contributed by atoms with van der Waals surface area (Å²) >= 11 is 3.56. The molecule has 0 aliphatic carbocycles. The molecule has 0 saturated carbocycles. The molecule has 0 amide bonds. The lowest BCUT2D eigenvalue weighted by molar-refractivity contribution is 0.472. The fourth-order valence-corrected chi connectivity index (χ4v) is 2.50. The van der Waals surface area contributed by atoms with Crippen molar-refractivity contribution in [1.82, 2.24) is 0 Å². The van der Waals surface area contributed by atoms with Crippen molar-refractivity contribution in [3.05, 3.63) is 33.8 Å². The van der Waals surface area contributed by atoms with Crippen molar-refractivity contribution in [3.63, 3.8) is 0 Å². The lowest BCUT2D eigenvalue weighted by atomic mass is 9.80. The van der Waals surface area contributed by atoms with Crippen molar-refractivity contribution in [3.8, 4) is 0 Å². The van der Waals surface area contributed by atoms with Crippen LogP contribution in [0.5, 0.6) is 0 Å². The highest BCUT2D eigenvalue weighted by molar-refractivity contribution is 9.10. The van der Waals surface area contributed by atoms with E-state index in [1.54, 1.807) is 0 Å². The number of hydrogen-bond donors (Lipinski definition) is 0. The van der Waals surface area contributed by atoms with Crippen LogP contribution >= 0.6 is 15.9 Å². The molecule has 0 bridgehead atoms. The van der Waals surface area contributed by atoms with E-state index in [1.165, 1.54) is 28.4 Å². The molecular formula is C13H19Br. The van der Waals surface area contributed by atoms with Gasteiger partial charge >= 0.3 is 0 Å². The van der Waals surface area contributed by atoms with Gasteiger partial charge < -0.3 is 0 Å². The fraction of sp³-hybridized carbons (Fsp3) is 0.538. The van der Waals surface area contributed by atoms with Crippen LogP contribution in [0.4, 0.5) is 0 Å². The van der Waals surface area contributed by atoms with E-state index in [0.717, 1.165) is 0 Å². The number of aryl methyl sites for hydroxylation is 1. The molecule has 0 unspecified atom stereocenters. The van der Waals surface area contributed by atoms with Crippen molar-refractivity contribution < 1.29 is 0 Å². The van der Waals surface area contributed by atoms with Gasteiger partial charge in [-0.05, 0) is 42.0 Å². The number of benzene rings is 1. The highest BCUT2D eigenvalue weighted by Crippen LogP contribution is 2.30. The molecule has 0 nitrogen and oxygen atoms in total. The predicted octanol–water partition coefficient (Wildman–Crippen LogP) is 4.84. The van der Waals surface area contributed by atoms with Crippen molar-refractivity contribution in [2.45, 2.75) is 46.0 Å². The molecule has 0 fully saturated rings. The second-order valence-corrected chi connectivity index (χ2v) is 5.57. The van der Waals surface area contributed by atoms with Crippen LogP contribution < -0.4 is 0 Å². The SMILES string of the molecule is CCCC(C)(C)c1cc(C)cc(Br)c1. The second kappa shape index (κ2) is 4.48. The van der Waals surface area contributed by atoms with Gasteiger partial charge in [-0.2, -0.15) is 0 Å². The summed E-state index contributed by atoms with van der Waals surface area (Å²) in [6, 6.07) is 6.69. The van der Waals surface area contributed by atoms with Gasteiger partial charge in [0.2, 0.25) is 0 Å². The van der Waals surface area contributed by atoms with Crippen LogP contribution in [0.3, 0.4) is 0 Å². The molecule has 0 aliphatic rings. The minimum Gasteiger partial charge on any atom is -0.0654 e. The molecule has 1 aromatic carbocycles. The van der Waals surface area contributed by atoms with Crippen LogP contribution in [-0.4, -0.2) is 0 Å². The summed E-state index contributed by atoms with van der Waals surface area (Å²) in [6.07, 6.45) is 2.47. The normalized spacial score (nSPS) is 11.8. The Balaban J connectivity index is 3.05. The van der Waals surface area contributed by atoms with Crippen molar-refractivity contribution >= 4 is 15.9 Å². The first-order valence-corrected chi connectivity index (χ1v) is 6.02. The zero-order valence-electron chi connectivity index (χ0n) is 9.52. The highest BCUT2D eigenvalue weighted by Gasteiger charge is 2.19. The van der Waals surface area contributed by atoms with E-state index >= 15 is 0 Å². The van der Waals surface area contributed by atoms with Gasteiger partial charge in [-0.3, -0.25) is 0 Å². The smallest absolute Gasteiger partial charge is 0.0180 e. The Kier molecular flexibility index (Phi) is 3.77. The van der Waals surface area contributed by atoms with Crippen molar-refractivity contribution in [1.29, 1.82) is 0 Å². The summed E-state index contributed by atoms with van der Waals surface area (Å²) in [7, 11) is 0. The quantitative estimate of drug-likeness (QED) is 0.725. The minimum absolute atomic E-state index is 0.295. The molecule has 1 rings (SSSR count). The molecule has 78 valence electrons. The summed E-state index contributed by atoms with van der Waals surface area (Å²) < 4.78 is 1.19. The number of hydrogen-bond acceptors (Lipinski definition) is 0. The van der Waals surface area contributed by atoms with Crippen molar-refractivity contribution in [2.75, 3.05) is 0 Å². The zero-order valence-corrected chi connectivity index (χ0v) is 11.1. The molecular weight excluding hydrogens is 236 g/mol.